The van der Waals surface area contributed by atoms with Gasteiger partial charge in [0.15, 0.2) is 0 Å². The Bertz CT molecular complexity index is 677. The summed E-state index contributed by atoms with van der Waals surface area (Å²) in [5, 5.41) is 3.38. The summed E-state index contributed by atoms with van der Waals surface area (Å²) in [7, 11) is 1.88. The van der Waals surface area contributed by atoms with Crippen LogP contribution in [0.2, 0.25) is 0 Å². The zero-order valence-corrected chi connectivity index (χ0v) is 14.9. The van der Waals surface area contributed by atoms with Crippen LogP contribution in [0, 0.1) is 0 Å². The van der Waals surface area contributed by atoms with Crippen molar-refractivity contribution in [1.82, 2.24) is 4.90 Å². The predicted molar refractivity (Wildman–Crippen MR) is 102 cm³/mol. The fourth-order valence-electron chi connectivity index (χ4n) is 2.96. The Kier molecular flexibility index (Phi) is 6.10. The van der Waals surface area contributed by atoms with E-state index in [0.717, 1.165) is 30.0 Å². The van der Waals surface area contributed by atoms with Crippen LogP contribution in [0.4, 0.5) is 11.4 Å². The second-order valence-corrected chi connectivity index (χ2v) is 5.96. The van der Waals surface area contributed by atoms with E-state index < -0.39 is 0 Å². The lowest BCUT2D eigenvalue weighted by Crippen LogP contribution is -2.43. The first-order valence-corrected chi connectivity index (χ1v) is 8.05. The molecule has 1 aliphatic rings. The summed E-state index contributed by atoms with van der Waals surface area (Å²) in [6.45, 7) is 4.18. The number of nitrogens with zero attached hydrogens (tertiary/aromatic N) is 2. The first kappa shape index (κ1) is 18.1. The molecule has 1 heterocycles. The molecule has 4 nitrogen and oxygen atoms in total. The van der Waals surface area contributed by atoms with Crippen LogP contribution >= 0.6 is 12.4 Å². The molecule has 0 fully saturated rings. The number of anilines is 2. The maximum Gasteiger partial charge on any atom is 0.242 e. The Morgan fingerprint density at radius 1 is 1.17 bits per heavy atom. The maximum atomic E-state index is 12.7. The number of likely N-dealkylation sites (N-methyl/N-ethyl adjacent to an activating group) is 1. The average Bonchev–Trinajstić information content (AvgIpc) is 2.61. The van der Waals surface area contributed by atoms with Gasteiger partial charge in [0.1, 0.15) is 0 Å². The summed E-state index contributed by atoms with van der Waals surface area (Å²) >= 11 is 0. The molecular weight excluding hydrogens is 322 g/mol. The number of carbonyl (C=O) groups excluding carboxylic acids is 1. The van der Waals surface area contributed by atoms with Crippen molar-refractivity contribution >= 4 is 29.7 Å². The molecule has 2 aromatic carbocycles. The Hall–Kier alpha value is -2.20. The highest BCUT2D eigenvalue weighted by Gasteiger charge is 2.22. The van der Waals surface area contributed by atoms with Crippen LogP contribution in [0.1, 0.15) is 18.5 Å². The third-order valence-electron chi connectivity index (χ3n) is 4.52. The number of amides is 1. The molecule has 1 atom stereocenters. The van der Waals surface area contributed by atoms with Gasteiger partial charge >= 0.3 is 0 Å². The van der Waals surface area contributed by atoms with Crippen LogP contribution in [0.5, 0.6) is 0 Å². The molecule has 0 radical (unpaired) electrons. The van der Waals surface area contributed by atoms with Crippen molar-refractivity contribution in [2.45, 2.75) is 13.0 Å². The van der Waals surface area contributed by atoms with Gasteiger partial charge in [0, 0.05) is 20.1 Å². The molecule has 2 aromatic rings. The number of nitrogens with one attached hydrogen (secondary N) is 1. The zero-order valence-electron chi connectivity index (χ0n) is 14.1. The fourth-order valence-corrected chi connectivity index (χ4v) is 2.96. The van der Waals surface area contributed by atoms with Crippen molar-refractivity contribution in [3.05, 3.63) is 60.2 Å². The first-order valence-electron chi connectivity index (χ1n) is 8.05. The molecule has 24 heavy (non-hydrogen) atoms. The van der Waals surface area contributed by atoms with E-state index in [1.807, 2.05) is 42.3 Å². The van der Waals surface area contributed by atoms with Crippen LogP contribution < -0.4 is 10.2 Å². The highest BCUT2D eigenvalue weighted by atomic mass is 35.5. The molecule has 128 valence electrons. The summed E-state index contributed by atoms with van der Waals surface area (Å²) < 4.78 is 0. The minimum absolute atomic E-state index is 0. The summed E-state index contributed by atoms with van der Waals surface area (Å²) in [5.74, 6) is 0.137. The summed E-state index contributed by atoms with van der Waals surface area (Å²) in [6.07, 6.45) is 0. The Morgan fingerprint density at radius 3 is 2.58 bits per heavy atom. The van der Waals surface area contributed by atoms with Gasteiger partial charge in [-0.3, -0.25) is 4.79 Å². The predicted octanol–water partition coefficient (Wildman–Crippen LogP) is 3.56. The van der Waals surface area contributed by atoms with E-state index in [4.69, 9.17) is 0 Å². The third kappa shape index (κ3) is 3.82. The van der Waals surface area contributed by atoms with Gasteiger partial charge in [-0.05, 0) is 24.6 Å². The second kappa shape index (κ2) is 8.06. The number of rotatable bonds is 4. The van der Waals surface area contributed by atoms with E-state index in [1.165, 1.54) is 0 Å². The Balaban J connectivity index is 0.00000208. The average molecular weight is 346 g/mol. The van der Waals surface area contributed by atoms with Gasteiger partial charge < -0.3 is 15.1 Å². The lowest BCUT2D eigenvalue weighted by Gasteiger charge is -2.34. The van der Waals surface area contributed by atoms with Crippen molar-refractivity contribution in [3.8, 4) is 0 Å². The molecule has 0 bridgehead atoms. The monoisotopic (exact) mass is 345 g/mol. The maximum absolute atomic E-state index is 12.7. The number of halogens is 1. The van der Waals surface area contributed by atoms with E-state index in [-0.39, 0.29) is 24.4 Å². The van der Waals surface area contributed by atoms with Crippen LogP contribution in [0.3, 0.4) is 0 Å². The third-order valence-corrected chi connectivity index (χ3v) is 4.52. The molecular formula is C19H24ClN3O. The smallest absolute Gasteiger partial charge is 0.242 e. The highest BCUT2D eigenvalue weighted by Crippen LogP contribution is 2.28. The molecule has 0 saturated heterocycles. The standard InChI is InChI=1S/C19H23N3O.ClH/c1-15(16-8-4-3-5-9-16)21(2)19(23)14-22-13-12-20-17-10-6-7-11-18(17)22;/h3-11,15,20H,12-14H2,1-2H3;1H. The van der Waals surface area contributed by atoms with Crippen molar-refractivity contribution < 1.29 is 4.79 Å². The molecule has 3 rings (SSSR count). The van der Waals surface area contributed by atoms with E-state index in [9.17, 15) is 4.79 Å². The molecule has 0 saturated carbocycles. The number of benzene rings is 2. The lowest BCUT2D eigenvalue weighted by atomic mass is 10.1. The van der Waals surface area contributed by atoms with Crippen molar-refractivity contribution in [3.63, 3.8) is 0 Å². The van der Waals surface area contributed by atoms with Crippen LogP contribution in [0.25, 0.3) is 0 Å². The van der Waals surface area contributed by atoms with E-state index in [0.29, 0.717) is 6.54 Å². The second-order valence-electron chi connectivity index (χ2n) is 5.96. The Labute approximate surface area is 149 Å². The molecule has 1 amide bonds. The highest BCUT2D eigenvalue weighted by molar-refractivity contribution is 5.85. The lowest BCUT2D eigenvalue weighted by molar-refractivity contribution is -0.130. The SMILES string of the molecule is CC(c1ccccc1)N(C)C(=O)CN1CCNc2ccccc21.Cl. The molecule has 0 aliphatic carbocycles. The summed E-state index contributed by atoms with van der Waals surface area (Å²) in [5.41, 5.74) is 3.36. The quantitative estimate of drug-likeness (QED) is 0.920. The van der Waals surface area contributed by atoms with Gasteiger partial charge in [-0.25, -0.2) is 0 Å². The van der Waals surface area contributed by atoms with Crippen molar-refractivity contribution in [1.29, 1.82) is 0 Å². The number of carbonyl (C=O) groups is 1. The van der Waals surface area contributed by atoms with Gasteiger partial charge in [0.2, 0.25) is 5.91 Å². The van der Waals surface area contributed by atoms with Crippen LogP contribution in [0.15, 0.2) is 54.6 Å². The van der Waals surface area contributed by atoms with E-state index in [1.54, 1.807) is 0 Å². The van der Waals surface area contributed by atoms with Gasteiger partial charge in [-0.15, -0.1) is 12.4 Å². The molecule has 0 spiro atoms. The van der Waals surface area contributed by atoms with Crippen LogP contribution in [-0.4, -0.2) is 37.5 Å². The van der Waals surface area contributed by atoms with Gasteiger partial charge in [0.25, 0.3) is 0 Å². The minimum atomic E-state index is 0. The number of hydrogen-bond donors (Lipinski definition) is 1. The van der Waals surface area contributed by atoms with Crippen LogP contribution in [-0.2, 0) is 4.79 Å². The zero-order chi connectivity index (χ0) is 16.2. The largest absolute Gasteiger partial charge is 0.382 e. The summed E-state index contributed by atoms with van der Waals surface area (Å²) in [6, 6.07) is 18.4. The van der Waals surface area contributed by atoms with Gasteiger partial charge in [0.05, 0.1) is 24.0 Å². The molecule has 5 heteroatoms. The van der Waals surface area contributed by atoms with Crippen molar-refractivity contribution in [2.24, 2.45) is 0 Å². The Morgan fingerprint density at radius 2 is 1.83 bits per heavy atom. The molecule has 1 aliphatic heterocycles. The topological polar surface area (TPSA) is 35.6 Å². The normalized spacial score (nSPS) is 14.0. The van der Waals surface area contributed by atoms with Crippen molar-refractivity contribution in [2.75, 3.05) is 36.9 Å². The molecule has 0 aromatic heterocycles. The summed E-state index contributed by atoms with van der Waals surface area (Å²) in [4.78, 5) is 16.7. The molecule has 1 N–H and O–H groups in total. The number of fused-ring (bicyclic) bond motifs is 1. The number of hydrogen-bond acceptors (Lipinski definition) is 3. The minimum Gasteiger partial charge on any atom is -0.382 e. The van der Waals surface area contributed by atoms with Gasteiger partial charge in [-0.1, -0.05) is 42.5 Å². The molecule has 1 unspecified atom stereocenters. The first-order chi connectivity index (χ1) is 11.2. The van der Waals surface area contributed by atoms with Gasteiger partial charge in [-0.2, -0.15) is 0 Å². The van der Waals surface area contributed by atoms with E-state index in [2.05, 4.69) is 41.4 Å². The fraction of sp³-hybridized carbons (Fsp3) is 0.316. The van der Waals surface area contributed by atoms with E-state index >= 15 is 0 Å². The number of para-hydroxylation sites is 2.